The summed E-state index contributed by atoms with van der Waals surface area (Å²) in [7, 11) is 0. The fourth-order valence-electron chi connectivity index (χ4n) is 3.39. The van der Waals surface area contributed by atoms with E-state index in [0.29, 0.717) is 31.0 Å². The number of amides is 1. The molecule has 1 aromatic heterocycles. The second-order valence-electron chi connectivity index (χ2n) is 7.71. The topological polar surface area (TPSA) is 77.8 Å². The number of rotatable bonds is 9. The van der Waals surface area contributed by atoms with Crippen molar-refractivity contribution in [2.45, 2.75) is 13.3 Å². The number of hydrogen-bond acceptors (Lipinski definition) is 5. The minimum Gasteiger partial charge on any atom is -0.493 e. The first-order valence-electron chi connectivity index (χ1n) is 11.0. The minimum absolute atomic E-state index is 0.185. The molecule has 6 heteroatoms. The lowest BCUT2D eigenvalue weighted by Gasteiger charge is -2.09. The summed E-state index contributed by atoms with van der Waals surface area (Å²) in [6.45, 7) is 2.85. The number of para-hydroxylation sites is 1. The van der Waals surface area contributed by atoms with Crippen LogP contribution in [0.3, 0.4) is 0 Å². The zero-order valence-electron chi connectivity index (χ0n) is 18.8. The van der Waals surface area contributed by atoms with E-state index in [1.807, 2.05) is 73.7 Å². The van der Waals surface area contributed by atoms with E-state index in [1.54, 1.807) is 12.1 Å². The van der Waals surface area contributed by atoms with E-state index >= 15 is 0 Å². The van der Waals surface area contributed by atoms with Crippen LogP contribution in [-0.4, -0.2) is 19.1 Å². The summed E-state index contributed by atoms with van der Waals surface area (Å²) >= 11 is 0. The van der Waals surface area contributed by atoms with Gasteiger partial charge in [0.1, 0.15) is 17.1 Å². The van der Waals surface area contributed by atoms with E-state index in [2.05, 4.69) is 5.32 Å². The maximum absolute atomic E-state index is 12.0. The maximum atomic E-state index is 12.0. The van der Waals surface area contributed by atoms with E-state index in [4.69, 9.17) is 13.9 Å². The first-order chi connectivity index (χ1) is 16.6. The van der Waals surface area contributed by atoms with Gasteiger partial charge in [0, 0.05) is 35.7 Å². The van der Waals surface area contributed by atoms with E-state index < -0.39 is 0 Å². The van der Waals surface area contributed by atoms with Crippen molar-refractivity contribution in [1.29, 1.82) is 0 Å². The number of ether oxygens (including phenoxy) is 2. The van der Waals surface area contributed by atoms with Crippen LogP contribution in [0, 0.1) is 6.92 Å². The molecule has 3 aromatic carbocycles. The van der Waals surface area contributed by atoms with Gasteiger partial charge in [0.2, 0.25) is 5.91 Å². The number of hydrogen-bond donors (Lipinski definition) is 1. The monoisotopic (exact) mass is 455 g/mol. The fourth-order valence-corrected chi connectivity index (χ4v) is 3.39. The molecule has 0 aliphatic carbocycles. The lowest BCUT2D eigenvalue weighted by atomic mass is 10.1. The molecule has 1 N–H and O–H groups in total. The zero-order valence-corrected chi connectivity index (χ0v) is 18.8. The van der Waals surface area contributed by atoms with Crippen molar-refractivity contribution in [3.63, 3.8) is 0 Å². The highest BCUT2D eigenvalue weighted by Crippen LogP contribution is 2.22. The molecule has 0 spiro atoms. The molecular weight excluding hydrogens is 430 g/mol. The van der Waals surface area contributed by atoms with Gasteiger partial charge in [-0.15, -0.1) is 0 Å². The van der Waals surface area contributed by atoms with Crippen LogP contribution in [-0.2, 0) is 4.79 Å². The third kappa shape index (κ3) is 6.36. The SMILES string of the molecule is Cc1cc(=O)oc2cc(OCCCOc3ccc(/C=C/C(=O)Nc4ccccc4)cc3)ccc12. The van der Waals surface area contributed by atoms with Gasteiger partial charge in [-0.05, 0) is 60.5 Å². The number of anilines is 1. The molecule has 0 radical (unpaired) electrons. The van der Waals surface area contributed by atoms with Crippen molar-refractivity contribution < 1.29 is 18.7 Å². The molecule has 0 saturated heterocycles. The van der Waals surface area contributed by atoms with Gasteiger partial charge >= 0.3 is 5.63 Å². The number of fused-ring (bicyclic) bond motifs is 1. The lowest BCUT2D eigenvalue weighted by Crippen LogP contribution is -2.07. The quantitative estimate of drug-likeness (QED) is 0.202. The smallest absolute Gasteiger partial charge is 0.336 e. The first kappa shape index (κ1) is 22.9. The number of carbonyl (C=O) groups is 1. The predicted molar refractivity (Wildman–Crippen MR) is 133 cm³/mol. The second-order valence-corrected chi connectivity index (χ2v) is 7.71. The molecule has 172 valence electrons. The maximum Gasteiger partial charge on any atom is 0.336 e. The Bertz CT molecular complexity index is 1340. The average Bonchev–Trinajstić information content (AvgIpc) is 2.83. The van der Waals surface area contributed by atoms with E-state index in [1.165, 1.54) is 12.1 Å². The van der Waals surface area contributed by atoms with E-state index in [-0.39, 0.29) is 11.5 Å². The molecule has 0 bridgehead atoms. The number of nitrogens with one attached hydrogen (secondary N) is 1. The van der Waals surface area contributed by atoms with Crippen LogP contribution in [0.2, 0.25) is 0 Å². The summed E-state index contributed by atoms with van der Waals surface area (Å²) in [5.74, 6) is 1.21. The Balaban J connectivity index is 1.20. The number of benzene rings is 3. The molecular formula is C28H25NO5. The van der Waals surface area contributed by atoms with E-state index in [0.717, 1.165) is 28.0 Å². The highest BCUT2D eigenvalue weighted by Gasteiger charge is 2.04. The Hall–Kier alpha value is -4.32. The van der Waals surface area contributed by atoms with Crippen molar-refractivity contribution in [2.24, 2.45) is 0 Å². The van der Waals surface area contributed by atoms with Crippen LogP contribution in [0.5, 0.6) is 11.5 Å². The first-order valence-corrected chi connectivity index (χ1v) is 11.0. The van der Waals surface area contributed by atoms with Gasteiger partial charge in [0.05, 0.1) is 13.2 Å². The van der Waals surface area contributed by atoms with Crippen LogP contribution >= 0.6 is 0 Å². The number of aryl methyl sites for hydroxylation is 1. The van der Waals surface area contributed by atoms with Crippen LogP contribution in [0.15, 0.2) is 94.2 Å². The predicted octanol–water partition coefficient (Wildman–Crippen LogP) is 5.60. The molecule has 0 aliphatic heterocycles. The largest absolute Gasteiger partial charge is 0.493 e. The molecule has 34 heavy (non-hydrogen) atoms. The summed E-state index contributed by atoms with van der Waals surface area (Å²) in [5, 5.41) is 3.70. The van der Waals surface area contributed by atoms with Crippen LogP contribution in [0.1, 0.15) is 17.5 Å². The third-order valence-corrected chi connectivity index (χ3v) is 5.10. The standard InChI is InChI=1S/C28H25NO5/c1-20-18-28(31)34-26-19-24(13-14-25(20)26)33-17-5-16-32-23-11-8-21(9-12-23)10-15-27(30)29-22-6-3-2-4-7-22/h2-4,6-15,18-19H,5,16-17H2,1H3,(H,29,30)/b15-10+. The highest BCUT2D eigenvalue weighted by molar-refractivity contribution is 6.01. The molecule has 6 nitrogen and oxygen atoms in total. The minimum atomic E-state index is -0.368. The summed E-state index contributed by atoms with van der Waals surface area (Å²) in [5.41, 5.74) is 2.69. The lowest BCUT2D eigenvalue weighted by molar-refractivity contribution is -0.111. The summed E-state index contributed by atoms with van der Waals surface area (Å²) in [6.07, 6.45) is 3.94. The fraction of sp³-hybridized carbons (Fsp3) is 0.143. The molecule has 0 saturated carbocycles. The Morgan fingerprint density at radius 3 is 2.38 bits per heavy atom. The molecule has 0 unspecified atom stereocenters. The van der Waals surface area contributed by atoms with Gasteiger partial charge in [0.15, 0.2) is 0 Å². The van der Waals surface area contributed by atoms with Gasteiger partial charge in [-0.3, -0.25) is 4.79 Å². The summed E-state index contributed by atoms with van der Waals surface area (Å²) in [4.78, 5) is 23.6. The van der Waals surface area contributed by atoms with Gasteiger partial charge < -0.3 is 19.2 Å². The molecule has 0 atom stereocenters. The Morgan fingerprint density at radius 2 is 1.62 bits per heavy atom. The van der Waals surface area contributed by atoms with Crippen LogP contribution < -0.4 is 20.4 Å². The van der Waals surface area contributed by atoms with Crippen LogP contribution in [0.4, 0.5) is 5.69 Å². The van der Waals surface area contributed by atoms with Crippen molar-refractivity contribution >= 4 is 28.6 Å². The molecule has 4 aromatic rings. The van der Waals surface area contributed by atoms with Gasteiger partial charge in [-0.2, -0.15) is 0 Å². The molecule has 1 heterocycles. The second kappa shape index (κ2) is 11.0. The van der Waals surface area contributed by atoms with Crippen molar-refractivity contribution in [3.8, 4) is 11.5 Å². The van der Waals surface area contributed by atoms with Gasteiger partial charge in [-0.25, -0.2) is 4.79 Å². The van der Waals surface area contributed by atoms with Crippen molar-refractivity contribution in [1.82, 2.24) is 0 Å². The summed E-state index contributed by atoms with van der Waals surface area (Å²) in [6, 6.07) is 23.8. The Labute approximate surface area is 197 Å². The van der Waals surface area contributed by atoms with Crippen LogP contribution in [0.25, 0.3) is 17.0 Å². The normalized spacial score (nSPS) is 11.0. The molecule has 1 amide bonds. The zero-order chi connectivity index (χ0) is 23.8. The number of carbonyl (C=O) groups excluding carboxylic acids is 1. The molecule has 0 aliphatic rings. The molecule has 4 rings (SSSR count). The highest BCUT2D eigenvalue weighted by atomic mass is 16.5. The average molecular weight is 456 g/mol. The van der Waals surface area contributed by atoms with Gasteiger partial charge in [0.25, 0.3) is 0 Å². The van der Waals surface area contributed by atoms with Crippen molar-refractivity contribution in [3.05, 3.63) is 106 Å². The van der Waals surface area contributed by atoms with Gasteiger partial charge in [-0.1, -0.05) is 30.3 Å². The Kier molecular flexibility index (Phi) is 7.40. The Morgan fingerprint density at radius 1 is 0.912 bits per heavy atom. The van der Waals surface area contributed by atoms with E-state index in [9.17, 15) is 9.59 Å². The van der Waals surface area contributed by atoms with Crippen molar-refractivity contribution in [2.75, 3.05) is 18.5 Å². The summed E-state index contributed by atoms with van der Waals surface area (Å²) < 4.78 is 16.8. The third-order valence-electron chi connectivity index (χ3n) is 5.10. The molecule has 0 fully saturated rings.